The molecule has 2 aliphatic heterocycles. The Morgan fingerprint density at radius 3 is 2.48 bits per heavy atom. The van der Waals surface area contributed by atoms with Crippen molar-refractivity contribution in [1.29, 1.82) is 0 Å². The Kier molecular flexibility index (Phi) is 4.68. The van der Waals surface area contributed by atoms with Crippen molar-refractivity contribution >= 4 is 17.7 Å². The summed E-state index contributed by atoms with van der Waals surface area (Å²) in [5.74, 6) is -0.0732. The van der Waals surface area contributed by atoms with Gasteiger partial charge in [0, 0.05) is 0 Å². The van der Waals surface area contributed by atoms with Crippen molar-refractivity contribution < 1.29 is 23.9 Å². The standard InChI is InChI=1S/C20H20N2O5/c1-25-16-9-7-14(8-10-16)18-17(19(23)21-11-12-26-20(21)24)13-27-22(18)15-5-3-2-4-6-15/h2-10,17-18H,11-13H2,1H3/t17-,18-/m0/s1. The Morgan fingerprint density at radius 2 is 1.85 bits per heavy atom. The molecule has 0 N–H and O–H groups in total. The highest BCUT2D eigenvalue weighted by Crippen LogP contribution is 2.40. The Hall–Kier alpha value is -3.06. The van der Waals surface area contributed by atoms with E-state index < -0.39 is 12.0 Å². The molecule has 27 heavy (non-hydrogen) atoms. The largest absolute Gasteiger partial charge is 0.497 e. The lowest BCUT2D eigenvalue weighted by Crippen LogP contribution is -2.40. The minimum atomic E-state index is -0.591. The number of benzene rings is 2. The lowest BCUT2D eigenvalue weighted by molar-refractivity contribution is -0.132. The maximum Gasteiger partial charge on any atom is 0.416 e. The molecule has 0 saturated carbocycles. The number of methoxy groups -OCH3 is 1. The fourth-order valence-corrected chi connectivity index (χ4v) is 3.47. The lowest BCUT2D eigenvalue weighted by atomic mass is 9.92. The maximum absolute atomic E-state index is 13.0. The van der Waals surface area contributed by atoms with Crippen LogP contribution in [0.1, 0.15) is 11.6 Å². The van der Waals surface area contributed by atoms with Crippen LogP contribution in [0.2, 0.25) is 0 Å². The van der Waals surface area contributed by atoms with Crippen molar-refractivity contribution in [3.05, 3.63) is 60.2 Å². The highest BCUT2D eigenvalue weighted by atomic mass is 16.7. The fraction of sp³-hybridized carbons (Fsp3) is 0.300. The number of para-hydroxylation sites is 1. The van der Waals surface area contributed by atoms with Crippen LogP contribution in [0.15, 0.2) is 54.6 Å². The van der Waals surface area contributed by atoms with Gasteiger partial charge in [0.15, 0.2) is 0 Å². The Morgan fingerprint density at radius 1 is 1.11 bits per heavy atom. The van der Waals surface area contributed by atoms with Crippen LogP contribution in [-0.4, -0.2) is 43.8 Å². The number of rotatable bonds is 4. The van der Waals surface area contributed by atoms with Crippen LogP contribution < -0.4 is 9.80 Å². The number of hydroxylamine groups is 1. The summed E-state index contributed by atoms with van der Waals surface area (Å²) < 4.78 is 10.2. The van der Waals surface area contributed by atoms with Gasteiger partial charge >= 0.3 is 6.09 Å². The van der Waals surface area contributed by atoms with Gasteiger partial charge in [0.2, 0.25) is 5.91 Å². The van der Waals surface area contributed by atoms with E-state index in [2.05, 4.69) is 0 Å². The van der Waals surface area contributed by atoms with Gasteiger partial charge in [-0.15, -0.1) is 0 Å². The first-order chi connectivity index (χ1) is 13.2. The van der Waals surface area contributed by atoms with Crippen LogP contribution in [0.25, 0.3) is 0 Å². The molecule has 2 fully saturated rings. The highest BCUT2D eigenvalue weighted by molar-refractivity contribution is 5.95. The average molecular weight is 368 g/mol. The summed E-state index contributed by atoms with van der Waals surface area (Å²) in [4.78, 5) is 32.0. The quantitative estimate of drug-likeness (QED) is 0.827. The van der Waals surface area contributed by atoms with Gasteiger partial charge in [-0.3, -0.25) is 9.63 Å². The number of nitrogens with zero attached hydrogens (tertiary/aromatic N) is 2. The average Bonchev–Trinajstić information content (AvgIpc) is 3.35. The first kappa shape index (κ1) is 17.4. The van der Waals surface area contributed by atoms with E-state index in [9.17, 15) is 9.59 Å². The van der Waals surface area contributed by atoms with E-state index in [4.69, 9.17) is 14.3 Å². The molecule has 140 valence electrons. The third-order valence-electron chi connectivity index (χ3n) is 4.84. The molecule has 0 spiro atoms. The van der Waals surface area contributed by atoms with Gasteiger partial charge in [0.25, 0.3) is 0 Å². The van der Waals surface area contributed by atoms with Crippen LogP contribution >= 0.6 is 0 Å². The molecule has 0 bridgehead atoms. The van der Waals surface area contributed by atoms with Gasteiger partial charge < -0.3 is 9.47 Å². The Bertz CT molecular complexity index is 824. The first-order valence-corrected chi connectivity index (χ1v) is 8.78. The second kappa shape index (κ2) is 7.28. The summed E-state index contributed by atoms with van der Waals surface area (Å²) in [6.45, 7) is 0.691. The lowest BCUT2D eigenvalue weighted by Gasteiger charge is -2.28. The Labute approximate surface area is 157 Å². The summed E-state index contributed by atoms with van der Waals surface area (Å²) in [5.41, 5.74) is 1.75. The molecule has 2 amide bonds. The van der Waals surface area contributed by atoms with Crippen LogP contribution in [0, 0.1) is 5.92 Å². The molecule has 0 radical (unpaired) electrons. The van der Waals surface area contributed by atoms with Crippen molar-refractivity contribution in [2.24, 2.45) is 5.92 Å². The van der Waals surface area contributed by atoms with Gasteiger partial charge in [-0.1, -0.05) is 30.3 Å². The predicted molar refractivity (Wildman–Crippen MR) is 97.2 cm³/mol. The van der Waals surface area contributed by atoms with Crippen molar-refractivity contribution in [3.63, 3.8) is 0 Å². The third kappa shape index (κ3) is 3.21. The zero-order valence-corrected chi connectivity index (χ0v) is 14.9. The molecular weight excluding hydrogens is 348 g/mol. The molecule has 2 aromatic carbocycles. The van der Waals surface area contributed by atoms with E-state index in [1.807, 2.05) is 54.6 Å². The van der Waals surface area contributed by atoms with Crippen molar-refractivity contribution in [3.8, 4) is 5.75 Å². The highest BCUT2D eigenvalue weighted by Gasteiger charge is 2.45. The zero-order valence-electron chi connectivity index (χ0n) is 14.9. The number of hydrogen-bond acceptors (Lipinski definition) is 6. The Balaban J connectivity index is 1.69. The second-order valence-electron chi connectivity index (χ2n) is 6.39. The number of carbonyl (C=O) groups excluding carboxylic acids is 2. The van der Waals surface area contributed by atoms with Crippen LogP contribution in [0.4, 0.5) is 10.5 Å². The van der Waals surface area contributed by atoms with E-state index in [0.717, 1.165) is 17.0 Å². The number of hydrogen-bond donors (Lipinski definition) is 0. The molecule has 2 atom stereocenters. The number of amides is 2. The van der Waals surface area contributed by atoms with E-state index in [0.29, 0.717) is 0 Å². The molecule has 7 nitrogen and oxygen atoms in total. The smallest absolute Gasteiger partial charge is 0.416 e. The topological polar surface area (TPSA) is 68.3 Å². The van der Waals surface area contributed by atoms with Crippen LogP contribution in [0.3, 0.4) is 0 Å². The summed E-state index contributed by atoms with van der Waals surface area (Å²) in [7, 11) is 1.61. The minimum absolute atomic E-state index is 0.189. The van der Waals surface area contributed by atoms with E-state index in [1.165, 1.54) is 4.90 Å². The molecule has 2 aromatic rings. The molecule has 2 aliphatic rings. The van der Waals surface area contributed by atoms with Crippen molar-refractivity contribution in [1.82, 2.24) is 4.90 Å². The molecule has 0 aromatic heterocycles. The number of imide groups is 1. The molecular formula is C20H20N2O5. The summed E-state index contributed by atoms with van der Waals surface area (Å²) in [6, 6.07) is 16.8. The normalized spacial score (nSPS) is 22.0. The van der Waals surface area contributed by atoms with Gasteiger partial charge in [-0.2, -0.15) is 0 Å². The van der Waals surface area contributed by atoms with E-state index in [1.54, 1.807) is 12.2 Å². The maximum atomic E-state index is 13.0. The predicted octanol–water partition coefficient (Wildman–Crippen LogP) is 2.78. The molecule has 0 unspecified atom stereocenters. The monoisotopic (exact) mass is 368 g/mol. The van der Waals surface area contributed by atoms with Crippen LogP contribution in [-0.2, 0) is 14.4 Å². The minimum Gasteiger partial charge on any atom is -0.497 e. The summed E-state index contributed by atoms with van der Waals surface area (Å²) in [5, 5.41) is 1.74. The molecule has 2 heterocycles. The third-order valence-corrected chi connectivity index (χ3v) is 4.84. The first-order valence-electron chi connectivity index (χ1n) is 8.78. The number of ether oxygens (including phenoxy) is 2. The number of cyclic esters (lactones) is 1. The second-order valence-corrected chi connectivity index (χ2v) is 6.39. The van der Waals surface area contributed by atoms with Gasteiger partial charge in [-0.05, 0) is 29.8 Å². The van der Waals surface area contributed by atoms with Gasteiger partial charge in [-0.25, -0.2) is 14.8 Å². The number of anilines is 1. The summed E-state index contributed by atoms with van der Waals surface area (Å²) >= 11 is 0. The van der Waals surface area contributed by atoms with E-state index in [-0.39, 0.29) is 31.7 Å². The van der Waals surface area contributed by atoms with Crippen molar-refractivity contribution in [2.75, 3.05) is 31.9 Å². The summed E-state index contributed by atoms with van der Waals surface area (Å²) in [6.07, 6.45) is -0.591. The zero-order chi connectivity index (χ0) is 18.8. The fourth-order valence-electron chi connectivity index (χ4n) is 3.47. The molecule has 7 heteroatoms. The molecule has 2 saturated heterocycles. The van der Waals surface area contributed by atoms with Gasteiger partial charge in [0.1, 0.15) is 12.4 Å². The molecule has 4 rings (SSSR count). The van der Waals surface area contributed by atoms with E-state index >= 15 is 0 Å². The number of carbonyl (C=O) groups is 2. The SMILES string of the molecule is COc1ccc([C@H]2[C@@H](C(=O)N3CCOC3=O)CON2c2ccccc2)cc1. The molecule has 0 aliphatic carbocycles. The van der Waals surface area contributed by atoms with Crippen LogP contribution in [0.5, 0.6) is 5.75 Å². The van der Waals surface area contributed by atoms with Crippen molar-refractivity contribution in [2.45, 2.75) is 6.04 Å². The van der Waals surface area contributed by atoms with Gasteiger partial charge in [0.05, 0.1) is 37.9 Å².